The second-order valence-electron chi connectivity index (χ2n) is 5.23. The molecule has 0 aliphatic carbocycles. The van der Waals surface area contributed by atoms with E-state index in [0.29, 0.717) is 17.1 Å². The smallest absolute Gasteiger partial charge is 0.331 e. The number of carbonyl (C=O) groups excluding carboxylic acids is 2. The van der Waals surface area contributed by atoms with E-state index in [0.717, 1.165) is 24.3 Å². The van der Waals surface area contributed by atoms with E-state index < -0.39 is 30.1 Å². The van der Waals surface area contributed by atoms with Crippen molar-refractivity contribution in [3.63, 3.8) is 0 Å². The van der Waals surface area contributed by atoms with E-state index >= 15 is 0 Å². The molecular weight excluding hydrogens is 348 g/mol. The fourth-order valence-corrected chi connectivity index (χ4v) is 2.15. The fraction of sp³-hybridized carbons (Fsp3) is 0.111. The van der Waals surface area contributed by atoms with Gasteiger partial charge in [-0.05, 0) is 35.9 Å². The first-order valence-electron chi connectivity index (χ1n) is 7.50. The SMILES string of the molecule is O=C(COC(=O)C=Cc1ccc2c(c1)OCO2)Nc1cc(F)ccc1F. The van der Waals surface area contributed by atoms with Crippen molar-refractivity contribution in [2.45, 2.75) is 0 Å². The molecule has 0 spiro atoms. The summed E-state index contributed by atoms with van der Waals surface area (Å²) in [5.41, 5.74) is 0.347. The van der Waals surface area contributed by atoms with Crippen LogP contribution in [0.15, 0.2) is 42.5 Å². The number of nitrogens with one attached hydrogen (secondary N) is 1. The van der Waals surface area contributed by atoms with Crippen molar-refractivity contribution in [3.8, 4) is 11.5 Å². The van der Waals surface area contributed by atoms with Crippen LogP contribution in [0.4, 0.5) is 14.5 Å². The molecule has 134 valence electrons. The van der Waals surface area contributed by atoms with Gasteiger partial charge in [-0.25, -0.2) is 13.6 Å². The quantitative estimate of drug-likeness (QED) is 0.655. The van der Waals surface area contributed by atoms with E-state index in [1.54, 1.807) is 18.2 Å². The van der Waals surface area contributed by atoms with Crippen LogP contribution in [-0.2, 0) is 14.3 Å². The third-order valence-electron chi connectivity index (χ3n) is 3.36. The number of ether oxygens (including phenoxy) is 3. The molecule has 0 unspecified atom stereocenters. The zero-order chi connectivity index (χ0) is 18.5. The van der Waals surface area contributed by atoms with E-state index in [1.807, 2.05) is 0 Å². The standard InChI is InChI=1S/C18H13F2NO5/c19-12-3-4-13(20)14(8-12)21-17(22)9-24-18(23)6-2-11-1-5-15-16(7-11)26-10-25-15/h1-8H,9-10H2,(H,21,22). The molecule has 0 aromatic heterocycles. The molecule has 0 saturated carbocycles. The highest BCUT2D eigenvalue weighted by molar-refractivity contribution is 5.94. The van der Waals surface area contributed by atoms with Crippen molar-refractivity contribution >= 4 is 23.6 Å². The molecule has 1 heterocycles. The molecule has 1 aliphatic heterocycles. The first-order valence-corrected chi connectivity index (χ1v) is 7.50. The van der Waals surface area contributed by atoms with Crippen LogP contribution >= 0.6 is 0 Å². The zero-order valence-electron chi connectivity index (χ0n) is 13.3. The maximum absolute atomic E-state index is 13.4. The number of rotatable bonds is 5. The fourth-order valence-electron chi connectivity index (χ4n) is 2.15. The van der Waals surface area contributed by atoms with Gasteiger partial charge in [0.25, 0.3) is 5.91 Å². The largest absolute Gasteiger partial charge is 0.454 e. The number of benzene rings is 2. The first-order chi connectivity index (χ1) is 12.5. The van der Waals surface area contributed by atoms with Gasteiger partial charge in [0.2, 0.25) is 6.79 Å². The minimum atomic E-state index is -0.797. The molecule has 2 aromatic rings. The van der Waals surface area contributed by atoms with Gasteiger partial charge in [-0.2, -0.15) is 0 Å². The van der Waals surface area contributed by atoms with E-state index in [2.05, 4.69) is 5.32 Å². The number of amides is 1. The summed E-state index contributed by atoms with van der Waals surface area (Å²) in [6.07, 6.45) is 2.61. The predicted molar refractivity (Wildman–Crippen MR) is 87.5 cm³/mol. The van der Waals surface area contributed by atoms with Crippen LogP contribution in [-0.4, -0.2) is 25.3 Å². The van der Waals surface area contributed by atoms with E-state index in [9.17, 15) is 18.4 Å². The predicted octanol–water partition coefficient (Wildman–Crippen LogP) is 2.89. The Kier molecular flexibility index (Phi) is 5.12. The van der Waals surface area contributed by atoms with Gasteiger partial charge in [-0.1, -0.05) is 6.07 Å². The van der Waals surface area contributed by atoms with Crippen LogP contribution in [0, 0.1) is 11.6 Å². The van der Waals surface area contributed by atoms with Gasteiger partial charge < -0.3 is 19.5 Å². The van der Waals surface area contributed by atoms with Crippen molar-refractivity contribution in [2.75, 3.05) is 18.7 Å². The second-order valence-corrected chi connectivity index (χ2v) is 5.23. The minimum absolute atomic E-state index is 0.144. The zero-order valence-corrected chi connectivity index (χ0v) is 13.3. The van der Waals surface area contributed by atoms with Crippen molar-refractivity contribution < 1.29 is 32.6 Å². The van der Waals surface area contributed by atoms with Gasteiger partial charge in [-0.3, -0.25) is 4.79 Å². The molecule has 8 heteroatoms. The first kappa shape index (κ1) is 17.4. The molecule has 0 fully saturated rings. The topological polar surface area (TPSA) is 73.9 Å². The van der Waals surface area contributed by atoms with Crippen LogP contribution in [0.25, 0.3) is 6.08 Å². The maximum atomic E-state index is 13.4. The Morgan fingerprint density at radius 2 is 1.92 bits per heavy atom. The van der Waals surface area contributed by atoms with Crippen molar-refractivity contribution in [1.29, 1.82) is 0 Å². The van der Waals surface area contributed by atoms with Crippen LogP contribution < -0.4 is 14.8 Å². The molecule has 0 bridgehead atoms. The molecule has 2 aromatic carbocycles. The lowest BCUT2D eigenvalue weighted by atomic mass is 10.2. The van der Waals surface area contributed by atoms with Gasteiger partial charge in [0.1, 0.15) is 11.6 Å². The monoisotopic (exact) mass is 361 g/mol. The lowest BCUT2D eigenvalue weighted by Crippen LogP contribution is -2.20. The summed E-state index contributed by atoms with van der Waals surface area (Å²) in [5.74, 6) is -1.88. The Morgan fingerprint density at radius 1 is 1.12 bits per heavy atom. The molecule has 0 atom stereocenters. The van der Waals surface area contributed by atoms with Crippen LogP contribution in [0.5, 0.6) is 11.5 Å². The molecule has 26 heavy (non-hydrogen) atoms. The van der Waals surface area contributed by atoms with Crippen molar-refractivity contribution in [3.05, 3.63) is 59.7 Å². The summed E-state index contributed by atoms with van der Waals surface area (Å²) in [5, 5.41) is 2.12. The highest BCUT2D eigenvalue weighted by Crippen LogP contribution is 2.32. The van der Waals surface area contributed by atoms with Crippen LogP contribution in [0.3, 0.4) is 0 Å². The molecule has 1 aliphatic rings. The van der Waals surface area contributed by atoms with Gasteiger partial charge >= 0.3 is 5.97 Å². The number of fused-ring (bicyclic) bond motifs is 1. The lowest BCUT2D eigenvalue weighted by Gasteiger charge is -2.06. The van der Waals surface area contributed by atoms with Gasteiger partial charge in [0, 0.05) is 12.1 Å². The van der Waals surface area contributed by atoms with E-state index in [4.69, 9.17) is 14.2 Å². The Morgan fingerprint density at radius 3 is 2.77 bits per heavy atom. The van der Waals surface area contributed by atoms with E-state index in [-0.39, 0.29) is 12.5 Å². The van der Waals surface area contributed by atoms with Gasteiger partial charge in [-0.15, -0.1) is 0 Å². The summed E-state index contributed by atoms with van der Waals surface area (Å²) in [7, 11) is 0. The highest BCUT2D eigenvalue weighted by atomic mass is 19.1. The third kappa shape index (κ3) is 4.35. The molecule has 1 N–H and O–H groups in total. The minimum Gasteiger partial charge on any atom is -0.454 e. The number of halogens is 2. The Bertz CT molecular complexity index is 882. The number of carbonyl (C=O) groups is 2. The summed E-state index contributed by atoms with van der Waals surface area (Å²) >= 11 is 0. The molecule has 0 saturated heterocycles. The Balaban J connectivity index is 1.50. The average molecular weight is 361 g/mol. The Labute approximate surface area is 147 Å². The summed E-state index contributed by atoms with van der Waals surface area (Å²) in [6.45, 7) is -0.494. The van der Waals surface area contributed by atoms with Crippen molar-refractivity contribution in [2.24, 2.45) is 0 Å². The van der Waals surface area contributed by atoms with Crippen molar-refractivity contribution in [1.82, 2.24) is 0 Å². The van der Waals surface area contributed by atoms with E-state index in [1.165, 1.54) is 6.08 Å². The highest BCUT2D eigenvalue weighted by Gasteiger charge is 2.13. The normalized spacial score (nSPS) is 12.2. The maximum Gasteiger partial charge on any atom is 0.331 e. The average Bonchev–Trinajstić information content (AvgIpc) is 3.09. The number of anilines is 1. The lowest BCUT2D eigenvalue weighted by molar-refractivity contribution is -0.142. The van der Waals surface area contributed by atoms with Gasteiger partial charge in [0.15, 0.2) is 18.1 Å². The number of hydrogen-bond acceptors (Lipinski definition) is 5. The molecule has 1 amide bonds. The molecule has 3 rings (SSSR count). The summed E-state index contributed by atoms with van der Waals surface area (Å²) in [6, 6.07) is 7.74. The molecular formula is C18H13F2NO5. The molecule has 6 nitrogen and oxygen atoms in total. The van der Waals surface area contributed by atoms with Crippen LogP contribution in [0.2, 0.25) is 0 Å². The third-order valence-corrected chi connectivity index (χ3v) is 3.36. The number of esters is 1. The number of hydrogen-bond donors (Lipinski definition) is 1. The second kappa shape index (κ2) is 7.64. The Hall–Kier alpha value is -3.42. The van der Waals surface area contributed by atoms with Gasteiger partial charge in [0.05, 0.1) is 5.69 Å². The summed E-state index contributed by atoms with van der Waals surface area (Å²) in [4.78, 5) is 23.3. The van der Waals surface area contributed by atoms with Crippen LogP contribution in [0.1, 0.15) is 5.56 Å². The molecule has 0 radical (unpaired) electrons. The summed E-state index contributed by atoms with van der Waals surface area (Å²) < 4.78 is 41.6.